The molecule has 1 saturated heterocycles. The minimum Gasteiger partial charge on any atom is -0.406 e. The Kier molecular flexibility index (Phi) is 7.78. The number of aromatic nitrogens is 3. The number of aliphatic imine (C=N–C) groups is 1. The molecule has 3 amide bonds. The second kappa shape index (κ2) is 11.3. The van der Waals surface area contributed by atoms with E-state index in [1.54, 1.807) is 24.3 Å². The van der Waals surface area contributed by atoms with Crippen LogP contribution in [0.1, 0.15) is 26.3 Å². The number of thioether (sulfide) groups is 1. The molecule has 216 valence electrons. The van der Waals surface area contributed by atoms with Crippen molar-refractivity contribution in [2.75, 3.05) is 16.0 Å². The Morgan fingerprint density at radius 1 is 1.00 bits per heavy atom. The molecule has 3 aromatic carbocycles. The van der Waals surface area contributed by atoms with Crippen molar-refractivity contribution < 1.29 is 27.5 Å². The van der Waals surface area contributed by atoms with Crippen LogP contribution in [0, 0.1) is 0 Å². The Hall–Kier alpha value is -4.65. The number of carbonyl (C=O) groups excluding carboxylic acids is 2. The molecule has 1 aliphatic rings. The van der Waals surface area contributed by atoms with Crippen molar-refractivity contribution in [1.29, 1.82) is 0 Å². The largest absolute Gasteiger partial charge is 0.573 e. The first-order valence-electron chi connectivity index (χ1n) is 12.7. The Balaban J connectivity index is 1.27. The van der Waals surface area contributed by atoms with Gasteiger partial charge in [0.2, 0.25) is 5.91 Å². The smallest absolute Gasteiger partial charge is 0.406 e. The molecule has 1 aromatic heterocycles. The molecule has 5 rings (SSSR count). The van der Waals surface area contributed by atoms with Crippen LogP contribution < -0.4 is 15.0 Å². The van der Waals surface area contributed by atoms with E-state index in [-0.39, 0.29) is 22.8 Å². The number of halogens is 3. The maximum absolute atomic E-state index is 12.8. The SMILES string of the molecule is CC(C)(C)c1ccccc1N1C(=O)CS/C1=N\C(=O)Nc1ccc(-c2ncn(-c3ccc(OC(F)(F)F)cc3)n2)cc1. The Morgan fingerprint density at radius 3 is 2.36 bits per heavy atom. The highest BCUT2D eigenvalue weighted by Gasteiger charge is 2.34. The van der Waals surface area contributed by atoms with Crippen LogP contribution in [0.15, 0.2) is 84.1 Å². The summed E-state index contributed by atoms with van der Waals surface area (Å²) in [7, 11) is 0. The van der Waals surface area contributed by atoms with Crippen LogP contribution in [0.3, 0.4) is 0 Å². The second-order valence-electron chi connectivity index (χ2n) is 10.2. The summed E-state index contributed by atoms with van der Waals surface area (Å²) >= 11 is 1.20. The van der Waals surface area contributed by atoms with E-state index in [0.29, 0.717) is 33.6 Å². The molecule has 1 fully saturated rings. The fraction of sp³-hybridized carbons (Fsp3) is 0.207. The number of amides is 3. The summed E-state index contributed by atoms with van der Waals surface area (Å²) in [6.07, 6.45) is -3.33. The highest BCUT2D eigenvalue weighted by atomic mass is 32.2. The van der Waals surface area contributed by atoms with Crippen molar-refractivity contribution in [3.05, 3.63) is 84.7 Å². The first kappa shape index (κ1) is 28.9. The quantitative estimate of drug-likeness (QED) is 0.273. The molecule has 2 heterocycles. The van der Waals surface area contributed by atoms with Gasteiger partial charge in [-0.05, 0) is 65.6 Å². The molecule has 9 nitrogen and oxygen atoms in total. The molecule has 0 unspecified atom stereocenters. The number of carbonyl (C=O) groups is 2. The van der Waals surface area contributed by atoms with Crippen molar-refractivity contribution in [3.8, 4) is 22.8 Å². The molecule has 42 heavy (non-hydrogen) atoms. The van der Waals surface area contributed by atoms with Gasteiger partial charge in [-0.15, -0.1) is 18.3 Å². The average molecular weight is 595 g/mol. The van der Waals surface area contributed by atoms with Crippen LogP contribution in [0.2, 0.25) is 0 Å². The molecule has 13 heteroatoms. The fourth-order valence-corrected chi connectivity index (χ4v) is 5.10. The van der Waals surface area contributed by atoms with E-state index in [1.807, 2.05) is 24.3 Å². The number of amidine groups is 1. The van der Waals surface area contributed by atoms with Crippen LogP contribution in [-0.4, -0.2) is 44.0 Å². The first-order valence-corrected chi connectivity index (χ1v) is 13.7. The lowest BCUT2D eigenvalue weighted by Crippen LogP contribution is -2.32. The molecular formula is C29H25F3N6O3S. The van der Waals surface area contributed by atoms with E-state index < -0.39 is 12.4 Å². The first-order chi connectivity index (χ1) is 19.9. The van der Waals surface area contributed by atoms with Crippen LogP contribution >= 0.6 is 11.8 Å². The van der Waals surface area contributed by atoms with Gasteiger partial charge in [-0.2, -0.15) is 4.99 Å². The molecular weight excluding hydrogens is 569 g/mol. The number of benzene rings is 3. The standard InChI is InChI=1S/C29H25F3N6O3S/c1-28(2,3)22-6-4-5-7-23(22)38-24(39)16-42-27(38)35-26(40)34-19-10-8-18(9-11-19)25-33-17-37(36-25)20-12-14-21(15-13-20)41-29(30,31)32/h4-15,17H,16H2,1-3H3,(H,34,40)/b35-27-. The van der Waals surface area contributed by atoms with Crippen LogP contribution in [0.5, 0.6) is 5.75 Å². The highest BCUT2D eigenvalue weighted by molar-refractivity contribution is 8.15. The van der Waals surface area contributed by atoms with E-state index in [2.05, 4.69) is 45.9 Å². The summed E-state index contributed by atoms with van der Waals surface area (Å²) in [4.78, 5) is 35.5. The molecule has 1 N–H and O–H groups in total. The van der Waals surface area contributed by atoms with Crippen LogP contribution in [-0.2, 0) is 10.2 Å². The third kappa shape index (κ3) is 6.62. The number of anilines is 2. The number of rotatable bonds is 5. The summed E-state index contributed by atoms with van der Waals surface area (Å²) in [6, 6.07) is 18.9. The predicted molar refractivity (Wildman–Crippen MR) is 155 cm³/mol. The van der Waals surface area contributed by atoms with Crippen molar-refractivity contribution >= 4 is 40.2 Å². The van der Waals surface area contributed by atoms with Gasteiger partial charge in [0.25, 0.3) is 0 Å². The fourth-order valence-electron chi connectivity index (χ4n) is 4.25. The van der Waals surface area contributed by atoms with Gasteiger partial charge in [-0.3, -0.25) is 9.69 Å². The molecule has 1 aliphatic heterocycles. The third-order valence-electron chi connectivity index (χ3n) is 6.14. The topological polar surface area (TPSA) is 102 Å². The molecule has 0 radical (unpaired) electrons. The number of hydrogen-bond donors (Lipinski definition) is 1. The van der Waals surface area contributed by atoms with Crippen molar-refractivity contribution in [2.45, 2.75) is 32.5 Å². The van der Waals surface area contributed by atoms with Crippen molar-refractivity contribution in [1.82, 2.24) is 14.8 Å². The zero-order chi connectivity index (χ0) is 30.1. The average Bonchev–Trinajstić information content (AvgIpc) is 3.55. The Labute approximate surface area is 243 Å². The number of alkyl halides is 3. The summed E-state index contributed by atoms with van der Waals surface area (Å²) in [6.45, 7) is 6.17. The lowest BCUT2D eigenvalue weighted by atomic mass is 9.85. The van der Waals surface area contributed by atoms with Gasteiger partial charge in [0, 0.05) is 11.3 Å². The predicted octanol–water partition coefficient (Wildman–Crippen LogP) is 6.80. The molecule has 0 spiro atoms. The normalized spacial score (nSPS) is 14.9. The third-order valence-corrected chi connectivity index (χ3v) is 7.06. The van der Waals surface area contributed by atoms with Crippen LogP contribution in [0.25, 0.3) is 17.1 Å². The molecule has 0 saturated carbocycles. The summed E-state index contributed by atoms with van der Waals surface area (Å²) in [5, 5.41) is 7.40. The van der Waals surface area contributed by atoms with E-state index >= 15 is 0 Å². The number of nitrogens with one attached hydrogen (secondary N) is 1. The van der Waals surface area contributed by atoms with E-state index in [0.717, 1.165) is 5.56 Å². The number of urea groups is 1. The number of para-hydroxylation sites is 1. The minimum atomic E-state index is -4.77. The maximum atomic E-state index is 12.8. The maximum Gasteiger partial charge on any atom is 0.573 e. The van der Waals surface area contributed by atoms with Gasteiger partial charge in [0.15, 0.2) is 11.0 Å². The Morgan fingerprint density at radius 2 is 1.69 bits per heavy atom. The highest BCUT2D eigenvalue weighted by Crippen LogP contribution is 2.36. The molecule has 0 bridgehead atoms. The van der Waals surface area contributed by atoms with Gasteiger partial charge in [-0.1, -0.05) is 50.7 Å². The summed E-state index contributed by atoms with van der Waals surface area (Å²) < 4.78 is 42.5. The van der Waals surface area contributed by atoms with Crippen molar-refractivity contribution in [2.24, 2.45) is 4.99 Å². The molecule has 4 aromatic rings. The number of hydrogen-bond acceptors (Lipinski definition) is 6. The lowest BCUT2D eigenvalue weighted by molar-refractivity contribution is -0.274. The van der Waals surface area contributed by atoms with E-state index in [1.165, 1.54) is 51.9 Å². The molecule has 0 aliphatic carbocycles. The van der Waals surface area contributed by atoms with Crippen molar-refractivity contribution in [3.63, 3.8) is 0 Å². The monoisotopic (exact) mass is 594 g/mol. The number of ether oxygens (including phenoxy) is 1. The zero-order valence-electron chi connectivity index (χ0n) is 22.7. The van der Waals surface area contributed by atoms with E-state index in [4.69, 9.17) is 0 Å². The molecule has 0 atom stereocenters. The van der Waals surface area contributed by atoms with E-state index in [9.17, 15) is 22.8 Å². The van der Waals surface area contributed by atoms with Gasteiger partial charge in [-0.25, -0.2) is 14.5 Å². The second-order valence-corrected chi connectivity index (χ2v) is 11.2. The number of nitrogens with zero attached hydrogens (tertiary/aromatic N) is 5. The zero-order valence-corrected chi connectivity index (χ0v) is 23.5. The van der Waals surface area contributed by atoms with Crippen LogP contribution in [0.4, 0.5) is 29.3 Å². The van der Waals surface area contributed by atoms with Gasteiger partial charge >= 0.3 is 12.4 Å². The lowest BCUT2D eigenvalue weighted by Gasteiger charge is -2.27. The minimum absolute atomic E-state index is 0.148. The van der Waals surface area contributed by atoms with Gasteiger partial charge < -0.3 is 10.1 Å². The summed E-state index contributed by atoms with van der Waals surface area (Å²) in [5.74, 6) is 0.0718. The van der Waals surface area contributed by atoms with Gasteiger partial charge in [0.1, 0.15) is 12.1 Å². The Bertz CT molecular complexity index is 1640. The van der Waals surface area contributed by atoms with Gasteiger partial charge in [0.05, 0.1) is 17.1 Å². The summed E-state index contributed by atoms with van der Waals surface area (Å²) in [5.41, 5.74) is 3.07.